The molecular weight excluding hydrogens is 326 g/mol. The third-order valence-corrected chi connectivity index (χ3v) is 6.85. The maximum absolute atomic E-state index is 9.14. The van der Waals surface area contributed by atoms with E-state index in [0.29, 0.717) is 5.54 Å². The highest BCUT2D eigenvalue weighted by atomic mass is 32.2. The lowest BCUT2D eigenvalue weighted by molar-refractivity contribution is 0.213. The van der Waals surface area contributed by atoms with Crippen LogP contribution in [0.4, 0.5) is 5.69 Å². The van der Waals surface area contributed by atoms with Gasteiger partial charge in [-0.15, -0.1) is 0 Å². The van der Waals surface area contributed by atoms with Gasteiger partial charge in [-0.25, -0.2) is 4.99 Å². The summed E-state index contributed by atoms with van der Waals surface area (Å²) in [6.07, 6.45) is 10.1. The summed E-state index contributed by atoms with van der Waals surface area (Å²) in [5.41, 5.74) is 3.30. The highest BCUT2D eigenvalue weighted by molar-refractivity contribution is 8.14. The van der Waals surface area contributed by atoms with Crippen LogP contribution in [-0.4, -0.2) is 27.9 Å². The van der Waals surface area contributed by atoms with Gasteiger partial charge in [0.25, 0.3) is 0 Å². The third kappa shape index (κ3) is 3.87. The highest BCUT2D eigenvalue weighted by Gasteiger charge is 2.46. The van der Waals surface area contributed by atoms with Crippen LogP contribution < -0.4 is 0 Å². The van der Waals surface area contributed by atoms with E-state index in [9.17, 15) is 0 Å². The van der Waals surface area contributed by atoms with Crippen molar-refractivity contribution in [1.29, 1.82) is 5.26 Å². The van der Waals surface area contributed by atoms with Gasteiger partial charge in [-0.1, -0.05) is 51.3 Å². The Morgan fingerprint density at radius 1 is 1.24 bits per heavy atom. The molecular formula is C21H29N3S. The fourth-order valence-corrected chi connectivity index (χ4v) is 5.55. The standard InChI is InChI=1S/C21H29N3S/c1-3-5-8-13-24-20(25-16-21(24)11-6-7-12-21)23-19-10-9-17(15-22)14-18(19)4-2/h9-10,14H,3-8,11-13,16H2,1-2H3. The number of benzene rings is 1. The summed E-state index contributed by atoms with van der Waals surface area (Å²) in [6, 6.07) is 8.15. The molecule has 25 heavy (non-hydrogen) atoms. The molecule has 0 aromatic heterocycles. The number of hydrogen-bond acceptors (Lipinski definition) is 3. The topological polar surface area (TPSA) is 39.4 Å². The van der Waals surface area contributed by atoms with Crippen molar-refractivity contribution < 1.29 is 0 Å². The Morgan fingerprint density at radius 2 is 2.04 bits per heavy atom. The number of amidine groups is 1. The molecule has 1 heterocycles. The van der Waals surface area contributed by atoms with Gasteiger partial charge in [0.15, 0.2) is 5.17 Å². The van der Waals surface area contributed by atoms with Crippen LogP contribution in [0.3, 0.4) is 0 Å². The Kier molecular flexibility index (Phi) is 6.06. The number of unbranched alkanes of at least 4 members (excludes halogenated alkanes) is 2. The molecule has 3 rings (SSSR count). The van der Waals surface area contributed by atoms with E-state index in [0.717, 1.165) is 24.2 Å². The minimum Gasteiger partial charge on any atom is -0.345 e. The van der Waals surface area contributed by atoms with E-state index in [1.807, 2.05) is 30.0 Å². The largest absolute Gasteiger partial charge is 0.345 e. The summed E-state index contributed by atoms with van der Waals surface area (Å²) < 4.78 is 0. The zero-order chi connectivity index (χ0) is 17.7. The van der Waals surface area contributed by atoms with Crippen LogP contribution in [0.2, 0.25) is 0 Å². The zero-order valence-electron chi connectivity index (χ0n) is 15.6. The molecule has 0 unspecified atom stereocenters. The Balaban J connectivity index is 1.89. The lowest BCUT2D eigenvalue weighted by Crippen LogP contribution is -2.45. The van der Waals surface area contributed by atoms with Crippen molar-refractivity contribution in [3.63, 3.8) is 0 Å². The summed E-state index contributed by atoms with van der Waals surface area (Å²) in [7, 11) is 0. The second-order valence-corrected chi connectivity index (χ2v) is 8.22. The molecule has 0 amide bonds. The van der Waals surface area contributed by atoms with Crippen molar-refractivity contribution in [3.05, 3.63) is 29.3 Å². The van der Waals surface area contributed by atoms with E-state index in [4.69, 9.17) is 10.3 Å². The Labute approximate surface area is 156 Å². The first-order valence-corrected chi connectivity index (χ1v) is 10.7. The number of hydrogen-bond donors (Lipinski definition) is 0. The fourth-order valence-electron chi connectivity index (χ4n) is 4.10. The van der Waals surface area contributed by atoms with Crippen molar-refractivity contribution in [1.82, 2.24) is 4.90 Å². The first-order valence-electron chi connectivity index (χ1n) is 9.74. The van der Waals surface area contributed by atoms with Crippen molar-refractivity contribution in [2.24, 2.45) is 4.99 Å². The number of aliphatic imine (C=N–C) groups is 1. The molecule has 1 saturated heterocycles. The number of rotatable bonds is 6. The maximum atomic E-state index is 9.14. The molecule has 1 aliphatic carbocycles. The van der Waals surface area contributed by atoms with Crippen LogP contribution in [0.1, 0.15) is 69.9 Å². The average Bonchev–Trinajstić information content (AvgIpc) is 3.25. The molecule has 2 aliphatic rings. The molecule has 0 N–H and O–H groups in total. The van der Waals surface area contributed by atoms with Crippen molar-refractivity contribution in [3.8, 4) is 6.07 Å². The Bertz CT molecular complexity index is 668. The van der Waals surface area contributed by atoms with E-state index in [1.54, 1.807) is 0 Å². The average molecular weight is 356 g/mol. The quantitative estimate of drug-likeness (QED) is 0.618. The summed E-state index contributed by atoms with van der Waals surface area (Å²) in [6.45, 7) is 5.54. The van der Waals surface area contributed by atoms with Gasteiger partial charge in [0.1, 0.15) is 0 Å². The zero-order valence-corrected chi connectivity index (χ0v) is 16.4. The summed E-state index contributed by atoms with van der Waals surface area (Å²) in [5, 5.41) is 10.3. The smallest absolute Gasteiger partial charge is 0.164 e. The number of thioether (sulfide) groups is 1. The first kappa shape index (κ1) is 18.3. The molecule has 0 atom stereocenters. The SMILES string of the molecule is CCCCCN1C(=Nc2ccc(C#N)cc2CC)SCC12CCCC2. The Hall–Kier alpha value is -1.47. The van der Waals surface area contributed by atoms with Crippen LogP contribution in [0.15, 0.2) is 23.2 Å². The molecule has 134 valence electrons. The third-order valence-electron chi connectivity index (χ3n) is 5.60. The molecule has 2 fully saturated rings. The van der Waals surface area contributed by atoms with E-state index in [2.05, 4.69) is 24.8 Å². The number of nitrogens with zero attached hydrogens (tertiary/aromatic N) is 3. The predicted octanol–water partition coefficient (Wildman–Crippen LogP) is 5.66. The molecule has 1 spiro atoms. The van der Waals surface area contributed by atoms with Crippen LogP contribution in [0.5, 0.6) is 0 Å². The van der Waals surface area contributed by atoms with Gasteiger partial charge in [-0.2, -0.15) is 5.26 Å². The molecule has 1 aliphatic heterocycles. The summed E-state index contributed by atoms with van der Waals surface area (Å²) in [5.74, 6) is 1.19. The lowest BCUT2D eigenvalue weighted by Gasteiger charge is -2.35. The normalized spacial score (nSPS) is 20.5. The fraction of sp³-hybridized carbons (Fsp3) is 0.619. The molecule has 0 radical (unpaired) electrons. The van der Waals surface area contributed by atoms with E-state index >= 15 is 0 Å². The van der Waals surface area contributed by atoms with Crippen molar-refractivity contribution >= 4 is 22.6 Å². The Morgan fingerprint density at radius 3 is 2.72 bits per heavy atom. The molecule has 3 nitrogen and oxygen atoms in total. The van der Waals surface area contributed by atoms with Crippen molar-refractivity contribution in [2.75, 3.05) is 12.3 Å². The van der Waals surface area contributed by atoms with Crippen LogP contribution in [-0.2, 0) is 6.42 Å². The molecule has 0 bridgehead atoms. The van der Waals surface area contributed by atoms with Crippen LogP contribution in [0, 0.1) is 11.3 Å². The molecule has 1 saturated carbocycles. The number of nitriles is 1. The summed E-state index contributed by atoms with van der Waals surface area (Å²) in [4.78, 5) is 7.72. The van der Waals surface area contributed by atoms with E-state index in [1.165, 1.54) is 61.4 Å². The molecule has 1 aromatic rings. The maximum Gasteiger partial charge on any atom is 0.164 e. The van der Waals surface area contributed by atoms with Gasteiger partial charge < -0.3 is 4.90 Å². The van der Waals surface area contributed by atoms with Gasteiger partial charge in [0.05, 0.1) is 22.9 Å². The predicted molar refractivity (Wildman–Crippen MR) is 108 cm³/mol. The minimum atomic E-state index is 0.357. The minimum absolute atomic E-state index is 0.357. The van der Waals surface area contributed by atoms with Crippen LogP contribution >= 0.6 is 11.8 Å². The van der Waals surface area contributed by atoms with Crippen LogP contribution in [0.25, 0.3) is 0 Å². The van der Waals surface area contributed by atoms with Gasteiger partial charge in [-0.3, -0.25) is 0 Å². The van der Waals surface area contributed by atoms with E-state index in [-0.39, 0.29) is 0 Å². The summed E-state index contributed by atoms with van der Waals surface area (Å²) >= 11 is 1.94. The molecule has 4 heteroatoms. The van der Waals surface area contributed by atoms with Gasteiger partial charge >= 0.3 is 0 Å². The van der Waals surface area contributed by atoms with Gasteiger partial charge in [0.2, 0.25) is 0 Å². The molecule has 1 aromatic carbocycles. The van der Waals surface area contributed by atoms with E-state index < -0.39 is 0 Å². The first-order chi connectivity index (χ1) is 12.2. The second kappa shape index (κ2) is 8.27. The van der Waals surface area contributed by atoms with Gasteiger partial charge in [-0.05, 0) is 49.4 Å². The lowest BCUT2D eigenvalue weighted by atomic mass is 9.98. The second-order valence-electron chi connectivity index (χ2n) is 7.28. The van der Waals surface area contributed by atoms with Gasteiger partial charge in [0, 0.05) is 12.3 Å². The number of aryl methyl sites for hydroxylation is 1. The highest BCUT2D eigenvalue weighted by Crippen LogP contribution is 2.45. The van der Waals surface area contributed by atoms with Crippen molar-refractivity contribution in [2.45, 2.75) is 70.8 Å². The monoisotopic (exact) mass is 355 g/mol.